The second kappa shape index (κ2) is 73.4. The van der Waals surface area contributed by atoms with E-state index in [-0.39, 0.29) is 54.4 Å². The van der Waals surface area contributed by atoms with Crippen molar-refractivity contribution in [1.29, 1.82) is 0 Å². The van der Waals surface area contributed by atoms with Crippen LogP contribution in [0, 0.1) is 0 Å². The summed E-state index contributed by atoms with van der Waals surface area (Å²) in [6, 6.07) is 0. The molecular formula is C29H81F17N4O10Si4. The number of allylic oxidation sites excluding steroid dienone is 1. The molecule has 0 spiro atoms. The fourth-order valence-corrected chi connectivity index (χ4v) is 7.74. The van der Waals surface area contributed by atoms with Crippen molar-refractivity contribution in [3.63, 3.8) is 0 Å². The van der Waals surface area contributed by atoms with Crippen LogP contribution in [0.4, 0.5) is 70.2 Å². The zero-order valence-corrected chi connectivity index (χ0v) is 39.5. The number of halogens is 17. The molecule has 14 nitrogen and oxygen atoms in total. The van der Waals surface area contributed by atoms with Gasteiger partial charge in [0.15, 0.2) is 13.3 Å². The lowest BCUT2D eigenvalue weighted by Gasteiger charge is -2.28. The standard InChI is InChI=1S/C4H17N2O5Si2.C4H16N2O5Si2.2C3H7F.C3H5F.2C2H2F4.C2H5F.2CH2F2.4CH4.FH/c2*1-7-12(5,8-2)11-13(6,9-3)10-4;3*1-2-3-4;2*3-1-2(4,5)6;1-2-3;2*2-1-3;;;;;/h5H2,1-4,6H3;5-6H2,1-4H3;2*2-3H2,1H3;2-3H,1H3;2*1H2;2H2,1H3;2*1H2;4*1H4;1H/q+1;;;;;;;;;;;;;;/p-1. The lowest BCUT2D eigenvalue weighted by molar-refractivity contribution is -0.303. The van der Waals surface area contributed by atoms with Crippen molar-refractivity contribution >= 4 is 35.9 Å². The van der Waals surface area contributed by atoms with Crippen LogP contribution in [0.25, 0.3) is 0 Å². The van der Waals surface area contributed by atoms with Crippen LogP contribution in [0.15, 0.2) is 12.4 Å². The molecule has 0 heterocycles. The molecule has 35 heteroatoms. The average Bonchev–Trinajstić information content (AvgIpc) is 3.21. The second-order valence-electron chi connectivity index (χ2n) is 8.13. The molecule has 0 aliphatic heterocycles. The third-order valence-corrected chi connectivity index (χ3v) is 13.0. The maximum atomic E-state index is 10.7. The summed E-state index contributed by atoms with van der Waals surface area (Å²) in [6.07, 6.45) is -6.11. The van der Waals surface area contributed by atoms with Crippen molar-refractivity contribution in [2.75, 3.05) is 104 Å². The minimum absolute atomic E-state index is 0. The van der Waals surface area contributed by atoms with E-state index in [0.717, 1.165) is 0 Å². The minimum atomic E-state index is -4.62. The van der Waals surface area contributed by atoms with Gasteiger partial charge in [0.1, 0.15) is 0 Å². The molecule has 0 saturated heterocycles. The molecule has 0 atom stereocenters. The molecule has 0 aromatic heterocycles. The summed E-state index contributed by atoms with van der Waals surface area (Å²) in [5, 5.41) is 20.5. The maximum absolute atomic E-state index is 10.7. The predicted molar refractivity (Wildman–Crippen MR) is 222 cm³/mol. The van der Waals surface area contributed by atoms with Gasteiger partial charge in [-0.15, -0.1) is 0 Å². The normalized spacial score (nSPS) is 10.1. The molecule has 0 unspecified atom stereocenters. The summed E-state index contributed by atoms with van der Waals surface area (Å²) < 4.78 is 214. The predicted octanol–water partition coefficient (Wildman–Crippen LogP) is 5.59. The van der Waals surface area contributed by atoms with Gasteiger partial charge in [-0.3, -0.25) is 29.4 Å². The third kappa shape index (κ3) is 113. The Morgan fingerprint density at radius 1 is 0.484 bits per heavy atom. The first-order valence-corrected chi connectivity index (χ1v) is 22.8. The highest BCUT2D eigenvalue weighted by atomic mass is 28.5. The number of hydrogen-bond donors (Lipinski definition) is 4. The Morgan fingerprint density at radius 2 is 0.625 bits per heavy atom. The summed E-state index contributed by atoms with van der Waals surface area (Å²) in [5.74, 6) is 0. The molecule has 0 aliphatic carbocycles. The lowest BCUT2D eigenvalue weighted by atomic mass is 10.6. The molecule has 64 heavy (non-hydrogen) atoms. The molecule has 0 rings (SSSR count). The number of quaternary nitrogens is 1. The van der Waals surface area contributed by atoms with E-state index in [9.17, 15) is 70.2 Å². The Kier molecular flexibility index (Phi) is 120. The van der Waals surface area contributed by atoms with Gasteiger partial charge < -0.3 is 53.7 Å². The van der Waals surface area contributed by atoms with E-state index in [2.05, 4.69) is 5.40 Å². The summed E-state index contributed by atoms with van der Waals surface area (Å²) in [5.41, 5.74) is 0. The summed E-state index contributed by atoms with van der Waals surface area (Å²) in [6.45, 7) is -1.88. The van der Waals surface area contributed by atoms with E-state index in [1.807, 2.05) is 0 Å². The van der Waals surface area contributed by atoms with Crippen LogP contribution in [0.3, 0.4) is 0 Å². The first-order valence-electron chi connectivity index (χ1n) is 15.4. The molecule has 9 N–H and O–H groups in total. The number of hydrogen-bond acceptors (Lipinski definition) is 13. The van der Waals surface area contributed by atoms with Crippen molar-refractivity contribution in [2.45, 2.75) is 82.6 Å². The fourth-order valence-electron chi connectivity index (χ4n) is 1.08. The highest BCUT2D eigenvalue weighted by Gasteiger charge is 2.55. The van der Waals surface area contributed by atoms with Crippen molar-refractivity contribution in [3.8, 4) is 0 Å². The third-order valence-electron chi connectivity index (χ3n) is 3.72. The number of rotatable bonds is 14. The van der Waals surface area contributed by atoms with Crippen LogP contribution in [-0.2, 0) is 43.6 Å². The van der Waals surface area contributed by atoms with Gasteiger partial charge in [0.05, 0.1) is 26.4 Å². The summed E-state index contributed by atoms with van der Waals surface area (Å²) in [7, 11) is -1.29. The van der Waals surface area contributed by atoms with Crippen LogP contribution >= 0.6 is 0 Å². The van der Waals surface area contributed by atoms with E-state index in [0.29, 0.717) is 19.2 Å². The van der Waals surface area contributed by atoms with Crippen molar-refractivity contribution in [1.82, 2.24) is 0 Å². The Morgan fingerprint density at radius 3 is 0.703 bits per heavy atom. The lowest BCUT2D eigenvalue weighted by Crippen LogP contribution is -3.00. The molecule has 0 radical (unpaired) electrons. The largest absolute Gasteiger partial charge is 1.00 e. The quantitative estimate of drug-likeness (QED) is 0.124. The van der Waals surface area contributed by atoms with Gasteiger partial charge in [0.2, 0.25) is 13.9 Å². The van der Waals surface area contributed by atoms with Gasteiger partial charge in [-0.2, -0.15) is 26.3 Å². The SMILES string of the molecule is C.C.C.C.CC=CF.CCCF.CCCF.CCF.CO[Si](N)(OC)O[Si](N)(OC)OC.CO[Si](N)(OC)O[Si]([NH3+])(OC)OC.FCC(F)(F)F.FCC(F)(F)F.FCF.FCF.[F-]. The fraction of sp³-hybridized carbons (Fsp3) is 0.931. The Labute approximate surface area is 375 Å². The summed E-state index contributed by atoms with van der Waals surface area (Å²) >= 11 is 0. The first kappa shape index (κ1) is 105. The minimum Gasteiger partial charge on any atom is -1.00 e. The smallest absolute Gasteiger partial charge is 0.772 e. The van der Waals surface area contributed by atoms with Crippen molar-refractivity contribution in [3.05, 3.63) is 12.4 Å². The zero-order valence-electron chi connectivity index (χ0n) is 35.5. The van der Waals surface area contributed by atoms with Crippen LogP contribution in [0.1, 0.15) is 70.2 Å². The summed E-state index contributed by atoms with van der Waals surface area (Å²) in [4.78, 5) is 0. The monoisotopic (exact) mass is 1080 g/mol. The molecule has 0 amide bonds. The van der Waals surface area contributed by atoms with Gasteiger partial charge in [-0.25, -0.2) is 30.7 Å². The molecule has 0 saturated carbocycles. The van der Waals surface area contributed by atoms with E-state index in [1.165, 1.54) is 69.9 Å². The average molecular weight is 1080 g/mol. The Bertz CT molecular complexity index is 689. The van der Waals surface area contributed by atoms with Gasteiger partial charge in [-0.1, -0.05) is 49.6 Å². The van der Waals surface area contributed by atoms with E-state index in [1.54, 1.807) is 20.8 Å². The molecule has 0 fully saturated rings. The molecule has 0 aromatic rings. The maximum Gasteiger partial charge on any atom is 0.772 e. The van der Waals surface area contributed by atoms with Crippen LogP contribution < -0.4 is 26.3 Å². The molecule has 412 valence electrons. The van der Waals surface area contributed by atoms with Crippen LogP contribution in [-0.4, -0.2) is 152 Å². The Balaban J connectivity index is -0.0000000336. The number of nitrogens with two attached hydrogens (primary N) is 3. The highest BCUT2D eigenvalue weighted by Crippen LogP contribution is 2.14. The first-order chi connectivity index (χ1) is 27.0. The second-order valence-corrected chi connectivity index (χ2v) is 18.0. The van der Waals surface area contributed by atoms with Crippen LogP contribution in [0.5, 0.6) is 0 Å². The van der Waals surface area contributed by atoms with Crippen molar-refractivity contribution < 1.29 is 124 Å². The zero-order chi connectivity index (χ0) is 49.8. The molecule has 0 aromatic carbocycles. The van der Waals surface area contributed by atoms with Gasteiger partial charge in [0, 0.05) is 56.9 Å². The van der Waals surface area contributed by atoms with E-state index >= 15 is 0 Å². The van der Waals surface area contributed by atoms with Crippen molar-refractivity contribution in [2.24, 2.45) is 16.2 Å². The molecule has 0 aliphatic rings. The van der Waals surface area contributed by atoms with E-state index in [4.69, 9.17) is 59.8 Å². The van der Waals surface area contributed by atoms with Gasteiger partial charge in [0.25, 0.3) is 0 Å². The Hall–Kier alpha value is -1.14. The highest BCUT2D eigenvalue weighted by molar-refractivity contribution is 6.71. The number of alkyl halides is 15. The molecule has 0 bridgehead atoms. The van der Waals surface area contributed by atoms with E-state index < -0.39 is 75.4 Å². The van der Waals surface area contributed by atoms with Gasteiger partial charge >= 0.3 is 48.2 Å². The van der Waals surface area contributed by atoms with Crippen LogP contribution in [0.2, 0.25) is 0 Å². The van der Waals surface area contributed by atoms with Gasteiger partial charge in [-0.05, 0) is 26.7 Å². The molecular weight excluding hydrogens is 1000 g/mol. The topological polar surface area (TPSA) is 198 Å².